The van der Waals surface area contributed by atoms with Crippen molar-refractivity contribution in [3.63, 3.8) is 0 Å². The van der Waals surface area contributed by atoms with Crippen LogP contribution in [-0.4, -0.2) is 54.1 Å². The molecule has 5 heteroatoms. The van der Waals surface area contributed by atoms with Crippen LogP contribution in [0.2, 0.25) is 0 Å². The second-order valence-corrected chi connectivity index (χ2v) is 7.30. The van der Waals surface area contributed by atoms with Gasteiger partial charge in [0.05, 0.1) is 6.10 Å². The van der Waals surface area contributed by atoms with E-state index in [0.29, 0.717) is 32.0 Å². The first-order valence-corrected chi connectivity index (χ1v) is 7.93. The van der Waals surface area contributed by atoms with E-state index < -0.39 is 5.60 Å². The summed E-state index contributed by atoms with van der Waals surface area (Å²) >= 11 is 0. The number of hydrogen-bond donors (Lipinski definition) is 1. The van der Waals surface area contributed by atoms with Crippen LogP contribution in [0.4, 0.5) is 4.79 Å². The van der Waals surface area contributed by atoms with E-state index in [1.54, 1.807) is 4.90 Å². The van der Waals surface area contributed by atoms with Crippen LogP contribution >= 0.6 is 0 Å². The summed E-state index contributed by atoms with van der Waals surface area (Å²) in [4.78, 5) is 13.8. The molecule has 0 saturated carbocycles. The molecule has 5 nitrogen and oxygen atoms in total. The summed E-state index contributed by atoms with van der Waals surface area (Å²) in [6, 6.07) is 0. The van der Waals surface area contributed by atoms with Crippen LogP contribution in [0.1, 0.15) is 47.5 Å². The van der Waals surface area contributed by atoms with Crippen LogP contribution in [0.3, 0.4) is 0 Å². The van der Waals surface area contributed by atoms with Crippen LogP contribution < -0.4 is 0 Å². The predicted molar refractivity (Wildman–Crippen MR) is 82.2 cm³/mol. The smallest absolute Gasteiger partial charge is 0.410 e. The third-order valence-electron chi connectivity index (χ3n) is 3.43. The number of piperidine rings is 1. The van der Waals surface area contributed by atoms with Gasteiger partial charge < -0.3 is 19.5 Å². The second-order valence-electron chi connectivity index (χ2n) is 7.30. The molecule has 0 spiro atoms. The number of carbonyl (C=O) groups is 1. The van der Waals surface area contributed by atoms with Gasteiger partial charge in [0.25, 0.3) is 0 Å². The molecule has 21 heavy (non-hydrogen) atoms. The largest absolute Gasteiger partial charge is 0.444 e. The first-order valence-electron chi connectivity index (χ1n) is 7.93. The van der Waals surface area contributed by atoms with E-state index in [-0.39, 0.29) is 18.1 Å². The van der Waals surface area contributed by atoms with E-state index in [1.807, 2.05) is 20.8 Å². The highest BCUT2D eigenvalue weighted by Gasteiger charge is 2.32. The lowest BCUT2D eigenvalue weighted by Crippen LogP contribution is -2.47. The topological polar surface area (TPSA) is 59.0 Å². The van der Waals surface area contributed by atoms with E-state index in [1.165, 1.54) is 0 Å². The Hall–Kier alpha value is -0.810. The molecule has 0 aromatic carbocycles. The van der Waals surface area contributed by atoms with E-state index in [0.717, 1.165) is 13.0 Å². The summed E-state index contributed by atoms with van der Waals surface area (Å²) in [6.07, 6.45) is 0.732. The highest BCUT2D eigenvalue weighted by molar-refractivity contribution is 5.68. The Morgan fingerprint density at radius 2 is 2.05 bits per heavy atom. The van der Waals surface area contributed by atoms with Gasteiger partial charge in [0.15, 0.2) is 0 Å². The van der Waals surface area contributed by atoms with Crippen molar-refractivity contribution in [2.24, 2.45) is 11.8 Å². The maximum atomic E-state index is 12.1. The van der Waals surface area contributed by atoms with E-state index in [4.69, 9.17) is 9.47 Å². The zero-order valence-corrected chi connectivity index (χ0v) is 14.1. The van der Waals surface area contributed by atoms with Gasteiger partial charge in [-0.1, -0.05) is 13.8 Å². The zero-order valence-electron chi connectivity index (χ0n) is 14.1. The van der Waals surface area contributed by atoms with Gasteiger partial charge in [-0.05, 0) is 39.5 Å². The van der Waals surface area contributed by atoms with Gasteiger partial charge in [-0.25, -0.2) is 4.79 Å². The third-order valence-corrected chi connectivity index (χ3v) is 3.43. The van der Waals surface area contributed by atoms with Gasteiger partial charge in [0.1, 0.15) is 5.60 Å². The molecular weight excluding hydrogens is 270 g/mol. The number of carbonyl (C=O) groups excluding carboxylic acids is 1. The number of nitrogens with zero attached hydrogens (tertiary/aromatic N) is 1. The van der Waals surface area contributed by atoms with Crippen LogP contribution in [0.5, 0.6) is 0 Å². The van der Waals surface area contributed by atoms with Crippen molar-refractivity contribution in [3.8, 4) is 0 Å². The molecular formula is C16H31NO4. The number of hydrogen-bond acceptors (Lipinski definition) is 4. The molecule has 0 aromatic rings. The number of likely N-dealkylation sites (tertiary alicyclic amines) is 1. The lowest BCUT2D eigenvalue weighted by atomic mass is 9.92. The van der Waals surface area contributed by atoms with Crippen molar-refractivity contribution in [3.05, 3.63) is 0 Å². The first-order chi connectivity index (χ1) is 9.69. The molecule has 0 aliphatic carbocycles. The highest BCUT2D eigenvalue weighted by Crippen LogP contribution is 2.22. The molecule has 0 aromatic heterocycles. The monoisotopic (exact) mass is 301 g/mol. The van der Waals surface area contributed by atoms with Crippen LogP contribution in [0, 0.1) is 11.8 Å². The van der Waals surface area contributed by atoms with Crippen LogP contribution in [0.15, 0.2) is 0 Å². The SMILES string of the molecule is CC(C)COCCC1CN(C(=O)OC(C)(C)C)CCC1O. The van der Waals surface area contributed by atoms with Crippen LogP contribution in [0.25, 0.3) is 0 Å². The Kier molecular flexibility index (Phi) is 6.94. The minimum Gasteiger partial charge on any atom is -0.444 e. The standard InChI is InChI=1S/C16H31NO4/c1-12(2)11-20-9-7-13-10-17(8-6-14(13)18)15(19)21-16(3,4)5/h12-14,18H,6-11H2,1-5H3. The highest BCUT2D eigenvalue weighted by atomic mass is 16.6. The van der Waals surface area contributed by atoms with Crippen molar-refractivity contribution in [1.29, 1.82) is 0 Å². The predicted octanol–water partition coefficient (Wildman–Crippen LogP) is 2.67. The van der Waals surface area contributed by atoms with Crippen molar-refractivity contribution in [2.75, 3.05) is 26.3 Å². The first kappa shape index (κ1) is 18.2. The third kappa shape index (κ3) is 7.14. The average molecular weight is 301 g/mol. The maximum Gasteiger partial charge on any atom is 0.410 e. The van der Waals surface area contributed by atoms with Gasteiger partial charge in [-0.3, -0.25) is 0 Å². The van der Waals surface area contributed by atoms with Gasteiger partial charge in [-0.15, -0.1) is 0 Å². The van der Waals surface area contributed by atoms with Gasteiger partial charge in [0.2, 0.25) is 0 Å². The molecule has 1 saturated heterocycles. The van der Waals surface area contributed by atoms with Gasteiger partial charge >= 0.3 is 6.09 Å². The second kappa shape index (κ2) is 7.99. The molecule has 1 aliphatic rings. The molecule has 1 heterocycles. The normalized spacial score (nSPS) is 23.5. The fourth-order valence-corrected chi connectivity index (χ4v) is 2.35. The number of amides is 1. The molecule has 0 bridgehead atoms. The summed E-state index contributed by atoms with van der Waals surface area (Å²) < 4.78 is 11.0. The maximum absolute atomic E-state index is 12.1. The summed E-state index contributed by atoms with van der Waals surface area (Å²) in [7, 11) is 0. The Bertz CT molecular complexity index is 325. The molecule has 1 rings (SSSR count). The molecule has 1 aliphatic heterocycles. The molecule has 2 atom stereocenters. The lowest BCUT2D eigenvalue weighted by Gasteiger charge is -2.37. The van der Waals surface area contributed by atoms with Gasteiger partial charge in [0, 0.05) is 32.2 Å². The Morgan fingerprint density at radius 1 is 1.38 bits per heavy atom. The molecule has 0 radical (unpaired) electrons. The van der Waals surface area contributed by atoms with Crippen LogP contribution in [-0.2, 0) is 9.47 Å². The lowest BCUT2D eigenvalue weighted by molar-refractivity contribution is -0.0173. The van der Waals surface area contributed by atoms with Crippen molar-refractivity contribution < 1.29 is 19.4 Å². The van der Waals surface area contributed by atoms with Crippen molar-refractivity contribution >= 4 is 6.09 Å². The summed E-state index contributed by atoms with van der Waals surface area (Å²) in [5.74, 6) is 0.581. The Labute approximate surface area is 128 Å². The van der Waals surface area contributed by atoms with Crippen molar-refractivity contribution in [1.82, 2.24) is 4.90 Å². The molecule has 1 fully saturated rings. The fraction of sp³-hybridized carbons (Fsp3) is 0.938. The van der Waals surface area contributed by atoms with Gasteiger partial charge in [-0.2, -0.15) is 0 Å². The minimum absolute atomic E-state index is 0.0680. The fourth-order valence-electron chi connectivity index (χ4n) is 2.35. The number of ether oxygens (including phenoxy) is 2. The molecule has 1 amide bonds. The summed E-state index contributed by atoms with van der Waals surface area (Å²) in [5, 5.41) is 10.1. The average Bonchev–Trinajstić information content (AvgIpc) is 2.34. The number of aliphatic hydroxyl groups is 1. The molecule has 124 valence electrons. The Balaban J connectivity index is 2.40. The number of aliphatic hydroxyl groups excluding tert-OH is 1. The van der Waals surface area contributed by atoms with E-state index in [9.17, 15) is 9.90 Å². The molecule has 2 unspecified atom stereocenters. The summed E-state index contributed by atoms with van der Waals surface area (Å²) in [5.41, 5.74) is -0.483. The number of rotatable bonds is 5. The minimum atomic E-state index is -0.483. The zero-order chi connectivity index (χ0) is 16.0. The van der Waals surface area contributed by atoms with E-state index in [2.05, 4.69) is 13.8 Å². The van der Waals surface area contributed by atoms with E-state index >= 15 is 0 Å². The molecule has 1 N–H and O–H groups in total. The summed E-state index contributed by atoms with van der Waals surface area (Å²) in [6.45, 7) is 12.3. The quantitative estimate of drug-likeness (QED) is 0.793. The Morgan fingerprint density at radius 3 is 2.62 bits per heavy atom. The van der Waals surface area contributed by atoms with Crippen molar-refractivity contribution in [2.45, 2.75) is 59.2 Å².